The summed E-state index contributed by atoms with van der Waals surface area (Å²) >= 11 is 0. The summed E-state index contributed by atoms with van der Waals surface area (Å²) in [5, 5.41) is 0. The lowest BCUT2D eigenvalue weighted by molar-refractivity contribution is -0.137. The van der Waals surface area contributed by atoms with Gasteiger partial charge in [-0.3, -0.25) is 4.90 Å². The van der Waals surface area contributed by atoms with Gasteiger partial charge in [-0.25, -0.2) is 0 Å². The highest BCUT2D eigenvalue weighted by atomic mass is 19.4. The highest BCUT2D eigenvalue weighted by molar-refractivity contribution is 5.24. The largest absolute Gasteiger partial charge is 0.416 e. The van der Waals surface area contributed by atoms with Crippen LogP contribution in [0.1, 0.15) is 30.4 Å². The summed E-state index contributed by atoms with van der Waals surface area (Å²) in [6.45, 7) is 3.48. The molecule has 1 heterocycles. The molecule has 5 heteroatoms. The number of rotatable bonds is 4. The van der Waals surface area contributed by atoms with E-state index in [-0.39, 0.29) is 0 Å². The monoisotopic (exact) mass is 286 g/mol. The summed E-state index contributed by atoms with van der Waals surface area (Å²) in [4.78, 5) is 2.30. The van der Waals surface area contributed by atoms with Crippen LogP contribution in [-0.4, -0.2) is 24.5 Å². The third-order valence-corrected chi connectivity index (χ3v) is 3.97. The molecule has 1 aromatic rings. The molecule has 0 amide bonds. The van der Waals surface area contributed by atoms with Gasteiger partial charge in [0.1, 0.15) is 0 Å². The third-order valence-electron chi connectivity index (χ3n) is 3.97. The number of piperidine rings is 1. The summed E-state index contributed by atoms with van der Waals surface area (Å²) in [5.74, 6) is 0.712. The van der Waals surface area contributed by atoms with Gasteiger partial charge in [-0.05, 0) is 62.5 Å². The van der Waals surface area contributed by atoms with E-state index in [0.29, 0.717) is 5.92 Å². The number of nitrogens with zero attached hydrogens (tertiary/aromatic N) is 1. The van der Waals surface area contributed by atoms with Gasteiger partial charge in [0.25, 0.3) is 0 Å². The molecule has 1 fully saturated rings. The SMILES string of the molecule is NCCC1CCN(Cc2ccc(C(F)(F)F)cc2)CC1. The van der Waals surface area contributed by atoms with Gasteiger partial charge in [-0.15, -0.1) is 0 Å². The van der Waals surface area contributed by atoms with Crippen molar-refractivity contribution < 1.29 is 13.2 Å². The Hall–Kier alpha value is -1.07. The highest BCUT2D eigenvalue weighted by Crippen LogP contribution is 2.29. The molecule has 1 saturated heterocycles. The molecule has 0 saturated carbocycles. The van der Waals surface area contributed by atoms with Gasteiger partial charge in [0.2, 0.25) is 0 Å². The van der Waals surface area contributed by atoms with Crippen LogP contribution >= 0.6 is 0 Å². The molecule has 20 heavy (non-hydrogen) atoms. The first-order chi connectivity index (χ1) is 9.49. The smallest absolute Gasteiger partial charge is 0.330 e. The van der Waals surface area contributed by atoms with Crippen molar-refractivity contribution in [1.29, 1.82) is 0 Å². The molecule has 112 valence electrons. The third kappa shape index (κ3) is 4.21. The van der Waals surface area contributed by atoms with Crippen LogP contribution in [0.2, 0.25) is 0 Å². The Labute approximate surface area is 117 Å². The van der Waals surface area contributed by atoms with E-state index in [4.69, 9.17) is 5.73 Å². The van der Waals surface area contributed by atoms with E-state index in [1.54, 1.807) is 12.1 Å². The van der Waals surface area contributed by atoms with Gasteiger partial charge in [0.05, 0.1) is 5.56 Å². The topological polar surface area (TPSA) is 29.3 Å². The second-order valence-corrected chi connectivity index (χ2v) is 5.49. The van der Waals surface area contributed by atoms with E-state index < -0.39 is 11.7 Å². The zero-order valence-electron chi connectivity index (χ0n) is 11.5. The number of nitrogens with two attached hydrogens (primary N) is 1. The lowest BCUT2D eigenvalue weighted by Crippen LogP contribution is -2.33. The van der Waals surface area contributed by atoms with Crippen LogP contribution in [0.5, 0.6) is 0 Å². The minimum absolute atomic E-state index is 0.581. The summed E-state index contributed by atoms with van der Waals surface area (Å²) in [6, 6.07) is 5.48. The molecule has 2 rings (SSSR count). The van der Waals surface area contributed by atoms with Crippen LogP contribution < -0.4 is 5.73 Å². The van der Waals surface area contributed by atoms with Crippen LogP contribution in [-0.2, 0) is 12.7 Å². The van der Waals surface area contributed by atoms with Gasteiger partial charge in [-0.2, -0.15) is 13.2 Å². The first-order valence-electron chi connectivity index (χ1n) is 7.07. The Morgan fingerprint density at radius 1 is 1.10 bits per heavy atom. The average molecular weight is 286 g/mol. The maximum Gasteiger partial charge on any atom is 0.416 e. The zero-order valence-corrected chi connectivity index (χ0v) is 11.5. The van der Waals surface area contributed by atoms with E-state index in [2.05, 4.69) is 4.90 Å². The highest BCUT2D eigenvalue weighted by Gasteiger charge is 2.30. The predicted molar refractivity (Wildman–Crippen MR) is 73.1 cm³/mol. The van der Waals surface area contributed by atoms with Crippen LogP contribution in [0, 0.1) is 5.92 Å². The van der Waals surface area contributed by atoms with E-state index >= 15 is 0 Å². The fraction of sp³-hybridized carbons (Fsp3) is 0.600. The number of likely N-dealkylation sites (tertiary alicyclic amines) is 1. The maximum atomic E-state index is 12.5. The van der Waals surface area contributed by atoms with Crippen LogP contribution in [0.15, 0.2) is 24.3 Å². The number of hydrogen-bond donors (Lipinski definition) is 1. The van der Waals surface area contributed by atoms with Gasteiger partial charge < -0.3 is 5.73 Å². The van der Waals surface area contributed by atoms with Crippen LogP contribution in [0.25, 0.3) is 0 Å². The van der Waals surface area contributed by atoms with Gasteiger partial charge in [0.15, 0.2) is 0 Å². The second kappa shape index (κ2) is 6.59. The molecule has 1 aliphatic heterocycles. The molecule has 0 bridgehead atoms. The summed E-state index contributed by atoms with van der Waals surface area (Å²) < 4.78 is 37.4. The fourth-order valence-corrected chi connectivity index (χ4v) is 2.73. The lowest BCUT2D eigenvalue weighted by Gasteiger charge is -2.31. The van der Waals surface area contributed by atoms with Crippen molar-refractivity contribution in [3.63, 3.8) is 0 Å². The molecule has 2 nitrogen and oxygen atoms in total. The van der Waals surface area contributed by atoms with E-state index in [1.165, 1.54) is 0 Å². The minimum Gasteiger partial charge on any atom is -0.330 e. The van der Waals surface area contributed by atoms with Crippen molar-refractivity contribution in [2.45, 2.75) is 32.0 Å². The average Bonchev–Trinajstić information content (AvgIpc) is 2.41. The number of alkyl halides is 3. The Morgan fingerprint density at radius 2 is 1.70 bits per heavy atom. The summed E-state index contributed by atoms with van der Waals surface area (Å²) in [5.41, 5.74) is 5.92. The van der Waals surface area contributed by atoms with Crippen molar-refractivity contribution in [3.8, 4) is 0 Å². The summed E-state index contributed by atoms with van der Waals surface area (Å²) in [7, 11) is 0. The molecule has 2 N–H and O–H groups in total. The first-order valence-corrected chi connectivity index (χ1v) is 7.07. The maximum absolute atomic E-state index is 12.5. The van der Waals surface area contributed by atoms with Gasteiger partial charge in [-0.1, -0.05) is 12.1 Å². The van der Waals surface area contributed by atoms with Crippen molar-refractivity contribution in [2.75, 3.05) is 19.6 Å². The molecule has 1 aromatic carbocycles. The van der Waals surface area contributed by atoms with E-state index in [0.717, 1.165) is 63.1 Å². The Morgan fingerprint density at radius 3 is 2.20 bits per heavy atom. The standard InChI is InChI=1S/C15H21F3N2/c16-15(17,18)14-3-1-13(2-4-14)11-20-9-6-12(5-8-19)7-10-20/h1-4,12H,5-11,19H2. The molecule has 0 aliphatic carbocycles. The lowest BCUT2D eigenvalue weighted by atomic mass is 9.93. The quantitative estimate of drug-likeness (QED) is 0.920. The van der Waals surface area contributed by atoms with Crippen molar-refractivity contribution in [1.82, 2.24) is 4.90 Å². The molecule has 0 radical (unpaired) electrons. The predicted octanol–water partition coefficient (Wildman–Crippen LogP) is 3.27. The first kappa shape index (κ1) is 15.3. The number of halogens is 3. The summed E-state index contributed by atoms with van der Waals surface area (Å²) in [6.07, 6.45) is -0.900. The van der Waals surface area contributed by atoms with E-state index in [1.807, 2.05) is 0 Å². The van der Waals surface area contributed by atoms with Crippen molar-refractivity contribution in [2.24, 2.45) is 11.7 Å². The fourth-order valence-electron chi connectivity index (χ4n) is 2.73. The number of hydrogen-bond acceptors (Lipinski definition) is 2. The molecular formula is C15H21F3N2. The van der Waals surface area contributed by atoms with E-state index in [9.17, 15) is 13.2 Å². The Kier molecular flexibility index (Phi) is 5.05. The molecule has 0 atom stereocenters. The van der Waals surface area contributed by atoms with Gasteiger partial charge in [0, 0.05) is 6.54 Å². The van der Waals surface area contributed by atoms with Crippen LogP contribution in [0.3, 0.4) is 0 Å². The number of benzene rings is 1. The molecule has 0 unspecified atom stereocenters. The zero-order chi connectivity index (χ0) is 14.6. The normalized spacial score (nSPS) is 18.4. The van der Waals surface area contributed by atoms with Crippen LogP contribution in [0.4, 0.5) is 13.2 Å². The van der Waals surface area contributed by atoms with Gasteiger partial charge >= 0.3 is 6.18 Å². The second-order valence-electron chi connectivity index (χ2n) is 5.49. The van der Waals surface area contributed by atoms with Crippen molar-refractivity contribution >= 4 is 0 Å². The molecule has 1 aliphatic rings. The minimum atomic E-state index is -4.25. The molecule has 0 spiro atoms. The molecular weight excluding hydrogens is 265 g/mol. The Balaban J connectivity index is 1.85. The Bertz CT molecular complexity index is 406. The van der Waals surface area contributed by atoms with Crippen molar-refractivity contribution in [3.05, 3.63) is 35.4 Å². The molecule has 0 aromatic heterocycles.